The smallest absolute Gasteiger partial charge is 0.250 e. The van der Waals surface area contributed by atoms with Gasteiger partial charge in [-0.15, -0.1) is 0 Å². The first-order valence-electron chi connectivity index (χ1n) is 6.14. The zero-order valence-corrected chi connectivity index (χ0v) is 11.0. The third-order valence-corrected chi connectivity index (χ3v) is 3.45. The van der Waals surface area contributed by atoms with E-state index in [0.717, 1.165) is 22.5 Å². The lowest BCUT2D eigenvalue weighted by Gasteiger charge is -2.07. The van der Waals surface area contributed by atoms with Crippen LogP contribution >= 0.6 is 11.6 Å². The number of aromatic nitrogens is 2. The topological polar surface area (TPSA) is 26.9 Å². The van der Waals surface area contributed by atoms with Gasteiger partial charge in [-0.1, -0.05) is 17.7 Å². The van der Waals surface area contributed by atoms with E-state index in [4.69, 9.17) is 11.6 Å². The Morgan fingerprint density at radius 1 is 0.947 bits per heavy atom. The Labute approximate surface area is 115 Å². The predicted octanol–water partition coefficient (Wildman–Crippen LogP) is 3.16. The third kappa shape index (κ3) is 2.42. The molecule has 0 unspecified atom stereocenters. The van der Waals surface area contributed by atoms with E-state index in [2.05, 4.69) is 4.57 Å². The summed E-state index contributed by atoms with van der Waals surface area (Å²) in [5.41, 5.74) is 1.16. The van der Waals surface area contributed by atoms with Crippen molar-refractivity contribution >= 4 is 22.5 Å². The lowest BCUT2D eigenvalue weighted by atomic mass is 10.2. The van der Waals surface area contributed by atoms with Crippen molar-refractivity contribution in [2.24, 2.45) is 0 Å². The second kappa shape index (κ2) is 4.94. The number of nitrogens with zero attached hydrogens (tertiary/aromatic N) is 2. The Morgan fingerprint density at radius 3 is 2.63 bits per heavy atom. The van der Waals surface area contributed by atoms with Crippen molar-refractivity contribution in [2.45, 2.75) is 13.1 Å². The highest BCUT2D eigenvalue weighted by molar-refractivity contribution is 6.31. The second-order valence-electron chi connectivity index (χ2n) is 4.44. The van der Waals surface area contributed by atoms with Gasteiger partial charge < -0.3 is 9.13 Å². The van der Waals surface area contributed by atoms with Gasteiger partial charge in [-0.2, -0.15) is 0 Å². The fourth-order valence-corrected chi connectivity index (χ4v) is 2.41. The standard InChI is InChI=1S/C15H13ClN2O/c16-13-4-5-14-12(11-13)6-8-17(14)9-10-18-7-2-1-3-15(18)19/h1-8,11H,9-10H2. The Hall–Kier alpha value is -2.00. The van der Waals surface area contributed by atoms with E-state index >= 15 is 0 Å². The van der Waals surface area contributed by atoms with Crippen LogP contribution in [0.3, 0.4) is 0 Å². The van der Waals surface area contributed by atoms with Crippen molar-refractivity contribution in [2.75, 3.05) is 0 Å². The lowest BCUT2D eigenvalue weighted by Crippen LogP contribution is -2.20. The molecule has 0 saturated carbocycles. The molecule has 1 aromatic carbocycles. The summed E-state index contributed by atoms with van der Waals surface area (Å²) in [5, 5.41) is 1.86. The van der Waals surface area contributed by atoms with E-state index in [-0.39, 0.29) is 5.56 Å². The van der Waals surface area contributed by atoms with Gasteiger partial charge in [0.15, 0.2) is 0 Å². The minimum absolute atomic E-state index is 0.0296. The average Bonchev–Trinajstić information content (AvgIpc) is 2.80. The quantitative estimate of drug-likeness (QED) is 0.719. The number of halogens is 1. The van der Waals surface area contributed by atoms with Gasteiger partial charge in [-0.05, 0) is 30.3 Å². The minimum atomic E-state index is 0.0296. The highest BCUT2D eigenvalue weighted by Gasteiger charge is 2.02. The molecule has 3 nitrogen and oxygen atoms in total. The van der Waals surface area contributed by atoms with Crippen molar-refractivity contribution in [1.82, 2.24) is 9.13 Å². The molecule has 0 saturated heterocycles. The molecule has 0 spiro atoms. The Bertz CT molecular complexity index is 773. The molecule has 19 heavy (non-hydrogen) atoms. The van der Waals surface area contributed by atoms with Crippen LogP contribution in [0.25, 0.3) is 10.9 Å². The van der Waals surface area contributed by atoms with Crippen LogP contribution < -0.4 is 5.56 Å². The SMILES string of the molecule is O=c1ccccn1CCn1ccc2cc(Cl)ccc21. The first-order valence-corrected chi connectivity index (χ1v) is 6.52. The van der Waals surface area contributed by atoms with E-state index in [1.807, 2.05) is 42.7 Å². The van der Waals surface area contributed by atoms with Gasteiger partial charge in [-0.3, -0.25) is 4.79 Å². The van der Waals surface area contributed by atoms with Crippen molar-refractivity contribution in [3.05, 3.63) is 70.2 Å². The minimum Gasteiger partial charge on any atom is -0.346 e. The molecule has 0 bridgehead atoms. The van der Waals surface area contributed by atoms with Crippen LogP contribution in [0.4, 0.5) is 0 Å². The molecule has 0 aliphatic carbocycles. The van der Waals surface area contributed by atoms with Crippen LogP contribution in [0, 0.1) is 0 Å². The zero-order valence-electron chi connectivity index (χ0n) is 10.3. The van der Waals surface area contributed by atoms with Crippen LogP contribution in [0.2, 0.25) is 5.02 Å². The van der Waals surface area contributed by atoms with Crippen LogP contribution in [-0.4, -0.2) is 9.13 Å². The molecule has 2 aromatic heterocycles. The Balaban J connectivity index is 1.86. The molecule has 3 rings (SSSR count). The maximum absolute atomic E-state index is 11.6. The van der Waals surface area contributed by atoms with Gasteiger partial charge in [0.25, 0.3) is 5.56 Å². The molecule has 0 aliphatic rings. The number of hydrogen-bond donors (Lipinski definition) is 0. The van der Waals surface area contributed by atoms with Gasteiger partial charge in [0.1, 0.15) is 0 Å². The predicted molar refractivity (Wildman–Crippen MR) is 77.7 cm³/mol. The van der Waals surface area contributed by atoms with E-state index < -0.39 is 0 Å². The van der Waals surface area contributed by atoms with Gasteiger partial charge in [0.05, 0.1) is 0 Å². The normalized spacial score (nSPS) is 11.0. The summed E-state index contributed by atoms with van der Waals surface area (Å²) in [6.07, 6.45) is 3.83. The fourth-order valence-electron chi connectivity index (χ4n) is 2.23. The summed E-state index contributed by atoms with van der Waals surface area (Å²) >= 11 is 5.97. The van der Waals surface area contributed by atoms with Crippen molar-refractivity contribution in [1.29, 1.82) is 0 Å². The lowest BCUT2D eigenvalue weighted by molar-refractivity contribution is 0.577. The molecule has 0 N–H and O–H groups in total. The first kappa shape index (κ1) is 12.1. The van der Waals surface area contributed by atoms with Crippen molar-refractivity contribution in [3.63, 3.8) is 0 Å². The third-order valence-electron chi connectivity index (χ3n) is 3.21. The van der Waals surface area contributed by atoms with Gasteiger partial charge in [0.2, 0.25) is 0 Å². The summed E-state index contributed by atoms with van der Waals surface area (Å²) in [5.74, 6) is 0. The molecule has 96 valence electrons. The molecule has 0 radical (unpaired) electrons. The Kier molecular flexibility index (Phi) is 3.13. The summed E-state index contributed by atoms with van der Waals surface area (Å²) in [6, 6.07) is 13.1. The molecule has 0 aliphatic heterocycles. The number of rotatable bonds is 3. The molecule has 0 atom stereocenters. The molecular formula is C15H13ClN2O. The summed E-state index contributed by atoms with van der Waals surface area (Å²) in [6.45, 7) is 1.42. The molecule has 0 amide bonds. The maximum atomic E-state index is 11.6. The van der Waals surface area contributed by atoms with Gasteiger partial charge in [0, 0.05) is 47.5 Å². The average molecular weight is 273 g/mol. The molecular weight excluding hydrogens is 260 g/mol. The summed E-state index contributed by atoms with van der Waals surface area (Å²) < 4.78 is 3.84. The zero-order chi connectivity index (χ0) is 13.2. The number of benzene rings is 1. The van der Waals surface area contributed by atoms with Crippen LogP contribution in [-0.2, 0) is 13.1 Å². The van der Waals surface area contributed by atoms with Crippen molar-refractivity contribution < 1.29 is 0 Å². The van der Waals surface area contributed by atoms with E-state index in [0.29, 0.717) is 6.54 Å². The van der Waals surface area contributed by atoms with E-state index in [1.165, 1.54) is 0 Å². The van der Waals surface area contributed by atoms with Crippen molar-refractivity contribution in [3.8, 4) is 0 Å². The van der Waals surface area contributed by atoms with E-state index in [1.54, 1.807) is 16.7 Å². The second-order valence-corrected chi connectivity index (χ2v) is 4.88. The fraction of sp³-hybridized carbons (Fsp3) is 0.133. The van der Waals surface area contributed by atoms with Crippen LogP contribution in [0.5, 0.6) is 0 Å². The van der Waals surface area contributed by atoms with Crippen LogP contribution in [0.15, 0.2) is 59.7 Å². The van der Waals surface area contributed by atoms with E-state index in [9.17, 15) is 4.79 Å². The number of aryl methyl sites for hydroxylation is 2. The highest BCUT2D eigenvalue weighted by atomic mass is 35.5. The molecule has 3 aromatic rings. The van der Waals surface area contributed by atoms with Gasteiger partial charge in [-0.25, -0.2) is 0 Å². The molecule has 4 heteroatoms. The molecule has 2 heterocycles. The monoisotopic (exact) mass is 272 g/mol. The Morgan fingerprint density at radius 2 is 1.79 bits per heavy atom. The highest BCUT2D eigenvalue weighted by Crippen LogP contribution is 2.20. The number of fused-ring (bicyclic) bond motifs is 1. The van der Waals surface area contributed by atoms with Crippen LogP contribution in [0.1, 0.15) is 0 Å². The number of pyridine rings is 1. The maximum Gasteiger partial charge on any atom is 0.250 e. The largest absolute Gasteiger partial charge is 0.346 e. The molecule has 0 fully saturated rings. The summed E-state index contributed by atoms with van der Waals surface area (Å²) in [4.78, 5) is 11.6. The summed E-state index contributed by atoms with van der Waals surface area (Å²) in [7, 11) is 0. The van der Waals surface area contributed by atoms with Gasteiger partial charge >= 0.3 is 0 Å². The first-order chi connectivity index (χ1) is 9.24. The number of hydrogen-bond acceptors (Lipinski definition) is 1.